The van der Waals surface area contributed by atoms with Crippen molar-refractivity contribution in [3.63, 3.8) is 0 Å². The van der Waals surface area contributed by atoms with E-state index in [9.17, 15) is 24.9 Å². The summed E-state index contributed by atoms with van der Waals surface area (Å²) < 4.78 is 12.0. The van der Waals surface area contributed by atoms with Crippen molar-refractivity contribution in [1.29, 1.82) is 0 Å². The summed E-state index contributed by atoms with van der Waals surface area (Å²) in [6, 6.07) is 7.09. The first-order valence-corrected chi connectivity index (χ1v) is 11.6. The van der Waals surface area contributed by atoms with Crippen molar-refractivity contribution in [3.8, 4) is 0 Å². The zero-order chi connectivity index (χ0) is 25.8. The molecule has 0 radical (unpaired) electrons. The highest BCUT2D eigenvalue weighted by Crippen LogP contribution is 2.31. The highest BCUT2D eigenvalue weighted by Gasteiger charge is 2.44. The van der Waals surface area contributed by atoms with Gasteiger partial charge in [0.15, 0.2) is 17.4 Å². The number of imidazole rings is 1. The number of hydrogen-bond acceptors (Lipinski definition) is 10. The first-order chi connectivity index (χ1) is 17.3. The Bertz CT molecular complexity index is 1300. The lowest BCUT2D eigenvalue weighted by Gasteiger charge is -2.16. The molecule has 2 aromatic heterocycles. The second-order valence-corrected chi connectivity index (χ2v) is 8.90. The highest BCUT2D eigenvalue weighted by molar-refractivity contribution is 5.87. The Morgan fingerprint density at radius 1 is 1.33 bits per heavy atom. The minimum atomic E-state index is -1.35. The molecule has 4 atom stereocenters. The monoisotopic (exact) mass is 499 g/mol. The molecule has 3 aromatic rings. The van der Waals surface area contributed by atoms with E-state index < -0.39 is 42.7 Å². The molecule has 192 valence electrons. The fraction of sp³-hybridized carbons (Fsp3) is 0.417. The van der Waals surface area contributed by atoms with Gasteiger partial charge >= 0.3 is 5.97 Å². The number of hydrogen-bond donors (Lipinski definition) is 5. The van der Waals surface area contributed by atoms with Crippen molar-refractivity contribution in [2.45, 2.75) is 44.8 Å². The Kier molecular flexibility index (Phi) is 7.79. The molecule has 2 unspecified atom stereocenters. The third kappa shape index (κ3) is 5.62. The number of esters is 1. The average molecular weight is 500 g/mol. The molecule has 0 amide bonds. The molecule has 3 heterocycles. The van der Waals surface area contributed by atoms with Crippen molar-refractivity contribution >= 4 is 34.8 Å². The number of fused-ring (bicyclic) bond motifs is 1. The van der Waals surface area contributed by atoms with Gasteiger partial charge in [-0.2, -0.15) is 4.98 Å². The van der Waals surface area contributed by atoms with E-state index >= 15 is 0 Å². The minimum absolute atomic E-state index is 0.0194. The summed E-state index contributed by atoms with van der Waals surface area (Å²) in [6.45, 7) is 3.99. The summed E-state index contributed by atoms with van der Waals surface area (Å²) in [6.07, 6.45) is 0.329. The van der Waals surface area contributed by atoms with E-state index in [1.807, 2.05) is 0 Å². The van der Waals surface area contributed by atoms with Crippen LogP contribution in [0.4, 0.5) is 11.6 Å². The number of ether oxygens (including phenoxy) is 2. The van der Waals surface area contributed by atoms with Gasteiger partial charge in [-0.3, -0.25) is 14.3 Å². The Balaban J connectivity index is 1.52. The van der Waals surface area contributed by atoms with E-state index in [0.29, 0.717) is 18.2 Å². The third-order valence-electron chi connectivity index (χ3n) is 5.72. The molecule has 12 heteroatoms. The number of nitrogens with zero attached hydrogens (tertiary/aromatic N) is 3. The number of benzene rings is 1. The van der Waals surface area contributed by atoms with Crippen LogP contribution in [0.3, 0.4) is 0 Å². The smallest absolute Gasteiger partial charge is 0.330 e. The third-order valence-corrected chi connectivity index (χ3v) is 5.72. The molecule has 1 fully saturated rings. The molecule has 1 saturated heterocycles. The number of anilines is 2. The van der Waals surface area contributed by atoms with Crippen LogP contribution in [0, 0.1) is 5.92 Å². The fourth-order valence-corrected chi connectivity index (χ4v) is 3.75. The Labute approximate surface area is 206 Å². The molecule has 0 aliphatic carbocycles. The minimum Gasteiger partial charge on any atom is -0.463 e. The van der Waals surface area contributed by atoms with Gasteiger partial charge in [-0.1, -0.05) is 26.0 Å². The molecule has 0 spiro atoms. The highest BCUT2D eigenvalue weighted by atomic mass is 16.6. The molecule has 5 N–H and O–H groups in total. The summed E-state index contributed by atoms with van der Waals surface area (Å²) >= 11 is 0. The number of aliphatic hydroxyl groups excluding tert-OH is 3. The number of H-pyrrole nitrogens is 1. The summed E-state index contributed by atoms with van der Waals surface area (Å²) in [4.78, 5) is 35.5. The fourth-order valence-electron chi connectivity index (χ4n) is 3.75. The quantitative estimate of drug-likeness (QED) is 0.212. The van der Waals surface area contributed by atoms with Gasteiger partial charge in [-0.05, 0) is 36.1 Å². The summed E-state index contributed by atoms with van der Waals surface area (Å²) in [7, 11) is 0. The second-order valence-electron chi connectivity index (χ2n) is 8.90. The molecular formula is C24H29N5O7. The number of rotatable bonds is 9. The van der Waals surface area contributed by atoms with Gasteiger partial charge in [0.1, 0.15) is 18.3 Å². The van der Waals surface area contributed by atoms with Crippen LogP contribution < -0.4 is 10.9 Å². The zero-order valence-corrected chi connectivity index (χ0v) is 19.9. The number of aromatic amines is 1. The number of carbonyl (C=O) groups is 1. The van der Waals surface area contributed by atoms with Crippen LogP contribution in [0.2, 0.25) is 0 Å². The SMILES string of the molecule is CC(C)CCOC(=O)/C=C/c1cccc(Nc2nc3c(ncn3[C@@H]3O[C@H](CO)C(O)C3O)c(=O)[nH]2)c1. The van der Waals surface area contributed by atoms with E-state index in [0.717, 1.165) is 12.0 Å². The van der Waals surface area contributed by atoms with E-state index in [2.05, 4.69) is 34.1 Å². The maximum absolute atomic E-state index is 12.6. The molecule has 0 bridgehead atoms. The number of nitrogens with one attached hydrogen (secondary N) is 2. The molecular weight excluding hydrogens is 470 g/mol. The Morgan fingerprint density at radius 3 is 2.86 bits per heavy atom. The molecule has 4 rings (SSSR count). The van der Waals surface area contributed by atoms with Crippen molar-refractivity contribution in [1.82, 2.24) is 19.5 Å². The van der Waals surface area contributed by atoms with Crippen molar-refractivity contribution in [2.24, 2.45) is 5.92 Å². The van der Waals surface area contributed by atoms with Crippen LogP contribution in [0.5, 0.6) is 0 Å². The molecule has 12 nitrogen and oxygen atoms in total. The predicted octanol–water partition coefficient (Wildman–Crippen LogP) is 1.08. The Morgan fingerprint density at radius 2 is 2.14 bits per heavy atom. The van der Waals surface area contributed by atoms with Crippen molar-refractivity contribution < 1.29 is 29.6 Å². The lowest BCUT2D eigenvalue weighted by molar-refractivity contribution is -0.137. The van der Waals surface area contributed by atoms with Crippen LogP contribution in [0.25, 0.3) is 17.2 Å². The van der Waals surface area contributed by atoms with E-state index in [-0.39, 0.29) is 17.1 Å². The standard InChI is InChI=1S/C24H29N5O7/c1-13(2)8-9-35-17(31)7-6-14-4-3-5-15(10-14)26-24-27-21-18(22(34)28-24)25-12-29(21)23-20(33)19(32)16(11-30)36-23/h3-7,10,12-13,16,19-20,23,30,32-33H,8-9,11H2,1-2H3,(H2,26,27,28,34)/b7-6+/t16-,19?,20?,23-/m1/s1. The lowest BCUT2D eigenvalue weighted by atomic mass is 10.1. The molecule has 1 aliphatic heterocycles. The van der Waals surface area contributed by atoms with Gasteiger partial charge in [-0.25, -0.2) is 9.78 Å². The molecule has 0 saturated carbocycles. The Hall–Kier alpha value is -3.58. The van der Waals surface area contributed by atoms with Crippen molar-refractivity contribution in [2.75, 3.05) is 18.5 Å². The van der Waals surface area contributed by atoms with Gasteiger partial charge in [0.05, 0.1) is 19.5 Å². The summed E-state index contributed by atoms with van der Waals surface area (Å²) in [5, 5.41) is 32.8. The maximum Gasteiger partial charge on any atom is 0.330 e. The normalized spacial score (nSPS) is 22.1. The average Bonchev–Trinajstić information content (AvgIpc) is 3.38. The van der Waals surface area contributed by atoms with Gasteiger partial charge in [0.25, 0.3) is 5.56 Å². The second kappa shape index (κ2) is 11.0. The maximum atomic E-state index is 12.6. The first-order valence-electron chi connectivity index (χ1n) is 11.6. The number of aromatic nitrogens is 4. The van der Waals surface area contributed by atoms with E-state index in [4.69, 9.17) is 9.47 Å². The predicted molar refractivity (Wildman–Crippen MR) is 130 cm³/mol. The summed E-state index contributed by atoms with van der Waals surface area (Å²) in [5.74, 6) is 0.126. The first kappa shape index (κ1) is 25.5. The van der Waals surface area contributed by atoms with Crippen LogP contribution in [0.15, 0.2) is 41.5 Å². The van der Waals surface area contributed by atoms with Gasteiger partial charge < -0.3 is 30.1 Å². The zero-order valence-electron chi connectivity index (χ0n) is 19.9. The molecule has 36 heavy (non-hydrogen) atoms. The molecule has 1 aliphatic rings. The van der Waals surface area contributed by atoms with Gasteiger partial charge in [0, 0.05) is 11.8 Å². The summed E-state index contributed by atoms with van der Waals surface area (Å²) in [5.41, 5.74) is 0.933. The van der Waals surface area contributed by atoms with Gasteiger partial charge in [0.2, 0.25) is 5.95 Å². The van der Waals surface area contributed by atoms with Crippen LogP contribution in [-0.4, -0.2) is 72.3 Å². The largest absolute Gasteiger partial charge is 0.463 e. The van der Waals surface area contributed by atoms with Crippen LogP contribution in [-0.2, 0) is 14.3 Å². The molecule has 1 aromatic carbocycles. The van der Waals surface area contributed by atoms with Crippen LogP contribution >= 0.6 is 0 Å². The lowest BCUT2D eigenvalue weighted by Crippen LogP contribution is -2.33. The van der Waals surface area contributed by atoms with Crippen molar-refractivity contribution in [3.05, 3.63) is 52.6 Å². The number of carbonyl (C=O) groups excluding carboxylic acids is 1. The topological polar surface area (TPSA) is 172 Å². The van der Waals surface area contributed by atoms with Crippen LogP contribution in [0.1, 0.15) is 32.1 Å². The number of aliphatic hydroxyl groups is 3. The van der Waals surface area contributed by atoms with E-state index in [1.165, 1.54) is 17.0 Å². The van der Waals surface area contributed by atoms with E-state index in [1.54, 1.807) is 30.3 Å². The van der Waals surface area contributed by atoms with Gasteiger partial charge in [-0.15, -0.1) is 0 Å².